The van der Waals surface area contributed by atoms with Crippen molar-refractivity contribution in [2.75, 3.05) is 7.11 Å². The van der Waals surface area contributed by atoms with Crippen LogP contribution in [0.25, 0.3) is 0 Å². The zero-order valence-electron chi connectivity index (χ0n) is 25.0. The maximum Gasteiger partial charge on any atom is 0.305 e. The van der Waals surface area contributed by atoms with Crippen molar-refractivity contribution in [2.45, 2.75) is 136 Å². The van der Waals surface area contributed by atoms with E-state index in [1.165, 1.54) is 58.5 Å². The smallest absolute Gasteiger partial charge is 0.305 e. The van der Waals surface area contributed by atoms with Gasteiger partial charge in [0.2, 0.25) is 0 Å². The first-order valence-corrected chi connectivity index (χ1v) is 18.1. The van der Waals surface area contributed by atoms with E-state index in [0.29, 0.717) is 29.3 Å². The predicted molar refractivity (Wildman–Crippen MR) is 152 cm³/mol. The van der Waals surface area contributed by atoms with Crippen molar-refractivity contribution >= 4 is 14.3 Å². The lowest BCUT2D eigenvalue weighted by Gasteiger charge is -2.59. The molecular weight excluding hydrogens is 460 g/mol. The Bertz CT molecular complexity index is 841. The van der Waals surface area contributed by atoms with Gasteiger partial charge in [-0.15, -0.1) is 0 Å². The molecule has 0 spiro atoms. The van der Waals surface area contributed by atoms with E-state index >= 15 is 0 Å². The third-order valence-corrected chi connectivity index (χ3v) is 16.9. The lowest BCUT2D eigenvalue weighted by molar-refractivity contribution is -0.140. The van der Waals surface area contributed by atoms with Crippen molar-refractivity contribution in [3.05, 3.63) is 11.6 Å². The number of rotatable bonds is 7. The van der Waals surface area contributed by atoms with Gasteiger partial charge in [0.1, 0.15) is 0 Å². The number of ether oxygens (including phenoxy) is 1. The minimum atomic E-state index is -1.73. The number of hydrogen-bond donors (Lipinski definition) is 0. The molecule has 206 valence electrons. The molecule has 3 saturated carbocycles. The molecule has 0 unspecified atom stereocenters. The van der Waals surface area contributed by atoms with Crippen LogP contribution >= 0.6 is 0 Å². The molecular formula is C32H56O3Si. The Morgan fingerprint density at radius 1 is 1.11 bits per heavy atom. The summed E-state index contributed by atoms with van der Waals surface area (Å²) in [5.41, 5.74) is 2.62. The minimum absolute atomic E-state index is 0.0549. The van der Waals surface area contributed by atoms with Crippen LogP contribution in [-0.4, -0.2) is 27.5 Å². The summed E-state index contributed by atoms with van der Waals surface area (Å²) in [6.45, 7) is 19.7. The van der Waals surface area contributed by atoms with Crippen molar-refractivity contribution in [1.29, 1.82) is 0 Å². The van der Waals surface area contributed by atoms with E-state index < -0.39 is 8.32 Å². The van der Waals surface area contributed by atoms with Crippen LogP contribution in [0.15, 0.2) is 11.6 Å². The molecule has 4 heteroatoms. The van der Waals surface area contributed by atoms with Gasteiger partial charge in [-0.2, -0.15) is 0 Å². The third kappa shape index (κ3) is 5.04. The van der Waals surface area contributed by atoms with Gasteiger partial charge < -0.3 is 9.16 Å². The van der Waals surface area contributed by atoms with Gasteiger partial charge in [-0.05, 0) is 123 Å². The zero-order chi connectivity index (χ0) is 26.5. The maximum atomic E-state index is 11.6. The number of fused-ring (bicyclic) bond motifs is 5. The van der Waals surface area contributed by atoms with E-state index in [0.717, 1.165) is 36.5 Å². The third-order valence-electron chi connectivity index (χ3n) is 12.4. The number of carbonyl (C=O) groups is 1. The molecule has 0 radical (unpaired) electrons. The van der Waals surface area contributed by atoms with Crippen LogP contribution in [-0.2, 0) is 14.0 Å². The monoisotopic (exact) mass is 516 g/mol. The normalized spacial score (nSPS) is 39.5. The number of carbonyl (C=O) groups excluding carboxylic acids is 1. The first kappa shape index (κ1) is 28.4. The predicted octanol–water partition coefficient (Wildman–Crippen LogP) is 8.94. The van der Waals surface area contributed by atoms with Crippen molar-refractivity contribution in [3.8, 4) is 0 Å². The second kappa shape index (κ2) is 10.2. The molecule has 3 fully saturated rings. The van der Waals surface area contributed by atoms with E-state index in [2.05, 4.69) is 60.7 Å². The zero-order valence-corrected chi connectivity index (χ0v) is 26.0. The van der Waals surface area contributed by atoms with Gasteiger partial charge >= 0.3 is 5.97 Å². The topological polar surface area (TPSA) is 35.5 Å². The van der Waals surface area contributed by atoms with Gasteiger partial charge in [-0.3, -0.25) is 4.79 Å². The van der Waals surface area contributed by atoms with E-state index in [-0.39, 0.29) is 11.0 Å². The SMILES string of the molecule is COC(=O)CCC[C@@H](C)[C@H]1CC[C@H]2[C@@H]3CC=C4C[C@@H](O[Si](C)(C)C(C)(C)C)CC[C@]4(C)[C@H]3CC[C@]12C. The Kier molecular flexibility index (Phi) is 8.02. The Morgan fingerprint density at radius 2 is 1.83 bits per heavy atom. The van der Waals surface area contributed by atoms with Crippen LogP contribution in [0.2, 0.25) is 18.1 Å². The van der Waals surface area contributed by atoms with Gasteiger partial charge in [0.05, 0.1) is 7.11 Å². The molecule has 0 aromatic heterocycles. The van der Waals surface area contributed by atoms with Crippen LogP contribution in [0, 0.1) is 40.4 Å². The molecule has 4 aliphatic carbocycles. The fraction of sp³-hybridized carbons (Fsp3) is 0.906. The highest BCUT2D eigenvalue weighted by molar-refractivity contribution is 6.74. The van der Waals surface area contributed by atoms with Gasteiger partial charge in [-0.1, -0.05) is 53.2 Å². The van der Waals surface area contributed by atoms with Crippen LogP contribution in [0.3, 0.4) is 0 Å². The van der Waals surface area contributed by atoms with Gasteiger partial charge in [0.15, 0.2) is 8.32 Å². The highest BCUT2D eigenvalue weighted by Gasteiger charge is 2.59. The Hall–Kier alpha value is -0.613. The average Bonchev–Trinajstić information content (AvgIpc) is 3.15. The molecule has 0 aliphatic heterocycles. The second-order valence-corrected chi connectivity index (χ2v) is 19.9. The minimum Gasteiger partial charge on any atom is -0.469 e. The summed E-state index contributed by atoms with van der Waals surface area (Å²) in [5, 5.41) is 0.281. The summed E-state index contributed by atoms with van der Waals surface area (Å²) >= 11 is 0. The van der Waals surface area contributed by atoms with Crippen LogP contribution < -0.4 is 0 Å². The molecule has 3 nitrogen and oxygen atoms in total. The molecule has 8 atom stereocenters. The van der Waals surface area contributed by atoms with Crippen LogP contribution in [0.1, 0.15) is 112 Å². The van der Waals surface area contributed by atoms with Gasteiger partial charge in [0, 0.05) is 12.5 Å². The second-order valence-electron chi connectivity index (χ2n) is 15.2. The summed E-state index contributed by atoms with van der Waals surface area (Å²) in [6, 6.07) is 0. The number of methoxy groups -OCH3 is 1. The van der Waals surface area contributed by atoms with Crippen LogP contribution in [0.5, 0.6) is 0 Å². The number of hydrogen-bond acceptors (Lipinski definition) is 3. The highest BCUT2D eigenvalue weighted by Crippen LogP contribution is 2.67. The largest absolute Gasteiger partial charge is 0.469 e. The molecule has 0 heterocycles. The lowest BCUT2D eigenvalue weighted by Crippen LogP contribution is -2.52. The Morgan fingerprint density at radius 3 is 2.50 bits per heavy atom. The summed E-state index contributed by atoms with van der Waals surface area (Å²) < 4.78 is 11.8. The van der Waals surface area contributed by atoms with Gasteiger partial charge in [-0.25, -0.2) is 0 Å². The molecule has 0 bridgehead atoms. The van der Waals surface area contributed by atoms with Gasteiger partial charge in [0.25, 0.3) is 0 Å². The molecule has 0 saturated heterocycles. The molecule has 0 N–H and O–H groups in total. The fourth-order valence-electron chi connectivity index (χ4n) is 9.17. The quantitative estimate of drug-likeness (QED) is 0.192. The van der Waals surface area contributed by atoms with Crippen molar-refractivity contribution in [2.24, 2.45) is 40.4 Å². The van der Waals surface area contributed by atoms with Crippen molar-refractivity contribution < 1.29 is 14.0 Å². The first-order chi connectivity index (χ1) is 16.7. The van der Waals surface area contributed by atoms with E-state index in [1.54, 1.807) is 5.57 Å². The summed E-state index contributed by atoms with van der Waals surface area (Å²) in [7, 11) is -0.220. The summed E-state index contributed by atoms with van der Waals surface area (Å²) in [5.74, 6) is 4.06. The van der Waals surface area contributed by atoms with E-state index in [9.17, 15) is 4.79 Å². The number of esters is 1. The lowest BCUT2D eigenvalue weighted by atomic mass is 9.47. The Labute approximate surface area is 223 Å². The van der Waals surface area contributed by atoms with E-state index in [4.69, 9.17) is 9.16 Å². The molecule has 4 aliphatic rings. The molecule has 0 aromatic rings. The van der Waals surface area contributed by atoms with Crippen LogP contribution in [0.4, 0.5) is 0 Å². The van der Waals surface area contributed by atoms with Crippen molar-refractivity contribution in [3.63, 3.8) is 0 Å². The molecule has 0 amide bonds. The van der Waals surface area contributed by atoms with Crippen molar-refractivity contribution in [1.82, 2.24) is 0 Å². The summed E-state index contributed by atoms with van der Waals surface area (Å²) in [6.07, 6.45) is 16.5. The average molecular weight is 517 g/mol. The fourth-order valence-corrected chi connectivity index (χ4v) is 10.6. The Balaban J connectivity index is 1.44. The van der Waals surface area contributed by atoms with E-state index in [1.807, 2.05) is 0 Å². The molecule has 0 aromatic carbocycles. The standard InChI is InChI=1S/C32H56O3Si/c1-22(11-10-12-29(33)34-7)26-15-16-27-25-14-13-23-21-24(35-36(8,9)30(2,3)4)17-19-31(23,5)28(25)18-20-32(26,27)6/h13,22,24-28H,10-12,14-21H2,1-9H3/t22-,24+,25+,26-,27+,28+,31+,32-/m1/s1. The molecule has 36 heavy (non-hydrogen) atoms. The maximum absolute atomic E-state index is 11.6. The highest BCUT2D eigenvalue weighted by atomic mass is 28.4. The first-order valence-electron chi connectivity index (χ1n) is 15.2. The summed E-state index contributed by atoms with van der Waals surface area (Å²) in [4.78, 5) is 11.6. The molecule has 4 rings (SSSR count). The number of allylic oxidation sites excluding steroid dienone is 1.